The standard InChI is InChI=1S/C13H19ClO2S/c1-4-9(2)17-8-12(15)10-5-6-11(14)13(7-10)16-3/h5-7,9,12,15H,4,8H2,1-3H3. The fourth-order valence-electron chi connectivity index (χ4n) is 1.35. The molecule has 0 amide bonds. The zero-order valence-corrected chi connectivity index (χ0v) is 12.0. The summed E-state index contributed by atoms with van der Waals surface area (Å²) >= 11 is 7.71. The maximum absolute atomic E-state index is 10.1. The molecule has 0 bridgehead atoms. The van der Waals surface area contributed by atoms with Gasteiger partial charge in [-0.05, 0) is 24.1 Å². The Bertz CT molecular complexity index is 357. The first kappa shape index (κ1) is 14.7. The Kier molecular flexibility index (Phi) is 6.17. The summed E-state index contributed by atoms with van der Waals surface area (Å²) in [7, 11) is 1.57. The second kappa shape index (κ2) is 7.14. The largest absolute Gasteiger partial charge is 0.495 e. The normalized spacial score (nSPS) is 14.4. The zero-order chi connectivity index (χ0) is 12.8. The van der Waals surface area contributed by atoms with Crippen molar-refractivity contribution in [1.29, 1.82) is 0 Å². The van der Waals surface area contributed by atoms with Gasteiger partial charge in [0.1, 0.15) is 5.75 Å². The van der Waals surface area contributed by atoms with Crippen LogP contribution in [0.2, 0.25) is 5.02 Å². The Balaban J connectivity index is 2.65. The average Bonchev–Trinajstić information content (AvgIpc) is 2.35. The van der Waals surface area contributed by atoms with Crippen molar-refractivity contribution in [3.63, 3.8) is 0 Å². The fourth-order valence-corrected chi connectivity index (χ4v) is 2.49. The Hall–Kier alpha value is -0.380. The number of hydrogen-bond donors (Lipinski definition) is 1. The van der Waals surface area contributed by atoms with E-state index in [0.717, 1.165) is 12.0 Å². The van der Waals surface area contributed by atoms with Crippen LogP contribution in [0.3, 0.4) is 0 Å². The SMILES string of the molecule is CCC(C)SCC(O)c1ccc(Cl)c(OC)c1. The van der Waals surface area contributed by atoms with Crippen molar-refractivity contribution >= 4 is 23.4 Å². The summed E-state index contributed by atoms with van der Waals surface area (Å²) in [6.45, 7) is 4.31. The highest BCUT2D eigenvalue weighted by molar-refractivity contribution is 7.99. The van der Waals surface area contributed by atoms with E-state index in [1.165, 1.54) is 0 Å². The van der Waals surface area contributed by atoms with Crippen LogP contribution in [0.1, 0.15) is 31.9 Å². The van der Waals surface area contributed by atoms with E-state index in [1.807, 2.05) is 6.07 Å². The van der Waals surface area contributed by atoms with Gasteiger partial charge >= 0.3 is 0 Å². The number of benzene rings is 1. The summed E-state index contributed by atoms with van der Waals surface area (Å²) in [4.78, 5) is 0. The molecule has 17 heavy (non-hydrogen) atoms. The van der Waals surface area contributed by atoms with Gasteiger partial charge in [0, 0.05) is 11.0 Å². The van der Waals surface area contributed by atoms with Gasteiger partial charge in [0.05, 0.1) is 18.2 Å². The second-order valence-corrected chi connectivity index (χ2v) is 5.84. The van der Waals surface area contributed by atoms with Crippen molar-refractivity contribution in [2.45, 2.75) is 31.6 Å². The molecule has 1 aromatic carbocycles. The van der Waals surface area contributed by atoms with E-state index in [1.54, 1.807) is 31.0 Å². The van der Waals surface area contributed by atoms with Crippen molar-refractivity contribution in [3.05, 3.63) is 28.8 Å². The molecular weight excluding hydrogens is 256 g/mol. The van der Waals surface area contributed by atoms with Crippen LogP contribution in [0.5, 0.6) is 5.75 Å². The lowest BCUT2D eigenvalue weighted by Gasteiger charge is -2.15. The van der Waals surface area contributed by atoms with Crippen LogP contribution < -0.4 is 4.74 Å². The number of methoxy groups -OCH3 is 1. The van der Waals surface area contributed by atoms with E-state index >= 15 is 0 Å². The second-order valence-electron chi connectivity index (χ2n) is 3.96. The van der Waals surface area contributed by atoms with E-state index in [-0.39, 0.29) is 0 Å². The summed E-state index contributed by atoms with van der Waals surface area (Å²) in [5.74, 6) is 1.30. The molecule has 2 unspecified atom stereocenters. The predicted octanol–water partition coefficient (Wildman–Crippen LogP) is 3.91. The lowest BCUT2D eigenvalue weighted by atomic mass is 10.1. The van der Waals surface area contributed by atoms with Crippen molar-refractivity contribution in [2.24, 2.45) is 0 Å². The van der Waals surface area contributed by atoms with Gasteiger partial charge in [-0.1, -0.05) is 31.5 Å². The van der Waals surface area contributed by atoms with Crippen LogP contribution >= 0.6 is 23.4 Å². The van der Waals surface area contributed by atoms with Crippen molar-refractivity contribution in [3.8, 4) is 5.75 Å². The molecular formula is C13H19ClO2S. The predicted molar refractivity (Wildman–Crippen MR) is 75.2 cm³/mol. The van der Waals surface area contributed by atoms with E-state index in [2.05, 4.69) is 13.8 Å². The molecule has 0 fully saturated rings. The highest BCUT2D eigenvalue weighted by Crippen LogP contribution is 2.29. The number of aliphatic hydroxyl groups is 1. The fraction of sp³-hybridized carbons (Fsp3) is 0.538. The molecule has 2 nitrogen and oxygen atoms in total. The van der Waals surface area contributed by atoms with Crippen molar-refractivity contribution in [1.82, 2.24) is 0 Å². The van der Waals surface area contributed by atoms with Crippen molar-refractivity contribution in [2.75, 3.05) is 12.9 Å². The van der Waals surface area contributed by atoms with Gasteiger partial charge < -0.3 is 9.84 Å². The molecule has 0 aromatic heterocycles. The Morgan fingerprint density at radius 2 is 2.18 bits per heavy atom. The van der Waals surface area contributed by atoms with Crippen LogP contribution in [0.15, 0.2) is 18.2 Å². The summed E-state index contributed by atoms with van der Waals surface area (Å²) < 4.78 is 5.13. The quantitative estimate of drug-likeness (QED) is 0.853. The van der Waals surface area contributed by atoms with Gasteiger partial charge in [-0.3, -0.25) is 0 Å². The molecule has 0 saturated carbocycles. The van der Waals surface area contributed by atoms with Gasteiger partial charge in [0.15, 0.2) is 0 Å². The first-order valence-electron chi connectivity index (χ1n) is 5.71. The van der Waals surface area contributed by atoms with Gasteiger partial charge in [-0.2, -0.15) is 11.8 Å². The minimum absolute atomic E-state index is 0.472. The molecule has 0 aliphatic rings. The highest BCUT2D eigenvalue weighted by Gasteiger charge is 2.12. The van der Waals surface area contributed by atoms with E-state index in [0.29, 0.717) is 21.8 Å². The lowest BCUT2D eigenvalue weighted by Crippen LogP contribution is -2.04. The molecule has 0 spiro atoms. The van der Waals surface area contributed by atoms with Crippen LogP contribution in [-0.4, -0.2) is 23.2 Å². The van der Waals surface area contributed by atoms with Gasteiger partial charge in [-0.25, -0.2) is 0 Å². The molecule has 0 aliphatic carbocycles. The molecule has 1 N–H and O–H groups in total. The topological polar surface area (TPSA) is 29.5 Å². The molecule has 2 atom stereocenters. The molecule has 0 saturated heterocycles. The van der Waals surface area contributed by atoms with Gasteiger partial charge in [0.25, 0.3) is 0 Å². The monoisotopic (exact) mass is 274 g/mol. The number of hydrogen-bond acceptors (Lipinski definition) is 3. The molecule has 4 heteroatoms. The Labute approximate surface area is 112 Å². The summed E-state index contributed by atoms with van der Waals surface area (Å²) in [6.07, 6.45) is 0.640. The third-order valence-electron chi connectivity index (χ3n) is 2.67. The van der Waals surface area contributed by atoms with Gasteiger partial charge in [-0.15, -0.1) is 0 Å². The number of halogens is 1. The lowest BCUT2D eigenvalue weighted by molar-refractivity contribution is 0.203. The van der Waals surface area contributed by atoms with E-state index < -0.39 is 6.10 Å². The molecule has 1 aromatic rings. The number of aliphatic hydroxyl groups excluding tert-OH is 1. The number of ether oxygens (including phenoxy) is 1. The highest BCUT2D eigenvalue weighted by atomic mass is 35.5. The van der Waals surface area contributed by atoms with E-state index in [9.17, 15) is 5.11 Å². The first-order chi connectivity index (χ1) is 8.08. The molecule has 0 heterocycles. The smallest absolute Gasteiger partial charge is 0.137 e. The Morgan fingerprint density at radius 1 is 1.47 bits per heavy atom. The maximum atomic E-state index is 10.1. The van der Waals surface area contributed by atoms with Crippen LogP contribution in [0.25, 0.3) is 0 Å². The molecule has 96 valence electrons. The first-order valence-corrected chi connectivity index (χ1v) is 7.14. The third-order valence-corrected chi connectivity index (χ3v) is 4.40. The third kappa shape index (κ3) is 4.41. The maximum Gasteiger partial charge on any atom is 0.137 e. The zero-order valence-electron chi connectivity index (χ0n) is 10.4. The molecule has 0 aliphatic heterocycles. The van der Waals surface area contributed by atoms with Crippen LogP contribution in [0, 0.1) is 0 Å². The number of rotatable bonds is 6. The minimum Gasteiger partial charge on any atom is -0.495 e. The summed E-state index contributed by atoms with van der Waals surface area (Å²) in [6, 6.07) is 5.39. The van der Waals surface area contributed by atoms with E-state index in [4.69, 9.17) is 16.3 Å². The summed E-state index contributed by atoms with van der Waals surface area (Å²) in [5.41, 5.74) is 0.849. The summed E-state index contributed by atoms with van der Waals surface area (Å²) in [5, 5.41) is 11.2. The Morgan fingerprint density at radius 3 is 2.76 bits per heavy atom. The van der Waals surface area contributed by atoms with Crippen molar-refractivity contribution < 1.29 is 9.84 Å². The molecule has 1 rings (SSSR count). The molecule has 0 radical (unpaired) electrons. The van der Waals surface area contributed by atoms with Gasteiger partial charge in [0.2, 0.25) is 0 Å². The average molecular weight is 275 g/mol. The number of thioether (sulfide) groups is 1. The minimum atomic E-state index is -0.472. The van der Waals surface area contributed by atoms with Crippen LogP contribution in [0.4, 0.5) is 0 Å². The van der Waals surface area contributed by atoms with Crippen LogP contribution in [-0.2, 0) is 0 Å².